The first kappa shape index (κ1) is 19.6. The number of benzene rings is 1. The summed E-state index contributed by atoms with van der Waals surface area (Å²) in [5.74, 6) is -0.988. The Morgan fingerprint density at radius 2 is 1.66 bits per heavy atom. The fourth-order valence-electron chi connectivity index (χ4n) is 5.30. The van der Waals surface area contributed by atoms with E-state index >= 15 is 0 Å². The monoisotopic (exact) mass is 398 g/mol. The van der Waals surface area contributed by atoms with E-state index in [9.17, 15) is 19.2 Å². The van der Waals surface area contributed by atoms with Crippen LogP contribution in [0, 0.1) is 37.5 Å². The highest BCUT2D eigenvalue weighted by molar-refractivity contribution is 6.06. The van der Waals surface area contributed by atoms with Gasteiger partial charge in [-0.2, -0.15) is 0 Å². The summed E-state index contributed by atoms with van der Waals surface area (Å²) < 4.78 is 5.03. The van der Waals surface area contributed by atoms with E-state index in [1.165, 1.54) is 4.90 Å². The SMILES string of the molecule is Cc1cccc(C)c1NC(=O)COC(=O)CCN1C(=O)[C@H]2[C@@H]3CC[C@@H](C3)[C@@H]2C1=O. The molecule has 3 amide bonds. The number of fused-ring (bicyclic) bond motifs is 5. The maximum Gasteiger partial charge on any atom is 0.308 e. The van der Waals surface area contributed by atoms with Crippen LogP contribution in [0.25, 0.3) is 0 Å². The molecule has 4 rings (SSSR count). The first-order valence-corrected chi connectivity index (χ1v) is 10.2. The summed E-state index contributed by atoms with van der Waals surface area (Å²) in [4.78, 5) is 50.6. The summed E-state index contributed by atoms with van der Waals surface area (Å²) in [7, 11) is 0. The predicted molar refractivity (Wildman–Crippen MR) is 105 cm³/mol. The van der Waals surface area contributed by atoms with E-state index in [0.29, 0.717) is 17.5 Å². The molecule has 3 aliphatic rings. The van der Waals surface area contributed by atoms with Gasteiger partial charge in [-0.25, -0.2) is 0 Å². The molecule has 0 unspecified atom stereocenters. The Kier molecular flexibility index (Phi) is 5.15. The molecular weight excluding hydrogens is 372 g/mol. The molecule has 1 saturated heterocycles. The third kappa shape index (κ3) is 3.54. The molecule has 29 heavy (non-hydrogen) atoms. The first-order valence-electron chi connectivity index (χ1n) is 10.2. The van der Waals surface area contributed by atoms with Gasteiger partial charge in [-0.3, -0.25) is 24.1 Å². The van der Waals surface area contributed by atoms with Crippen LogP contribution in [0.2, 0.25) is 0 Å². The maximum absolute atomic E-state index is 12.6. The topological polar surface area (TPSA) is 92.8 Å². The Morgan fingerprint density at radius 3 is 2.24 bits per heavy atom. The van der Waals surface area contributed by atoms with E-state index in [-0.39, 0.29) is 36.6 Å². The van der Waals surface area contributed by atoms with Crippen LogP contribution in [-0.2, 0) is 23.9 Å². The smallest absolute Gasteiger partial charge is 0.308 e. The van der Waals surface area contributed by atoms with Gasteiger partial charge in [0.1, 0.15) is 0 Å². The fraction of sp³-hybridized carbons (Fsp3) is 0.545. The van der Waals surface area contributed by atoms with Crippen molar-refractivity contribution < 1.29 is 23.9 Å². The first-order chi connectivity index (χ1) is 13.9. The Hall–Kier alpha value is -2.70. The summed E-state index contributed by atoms with van der Waals surface area (Å²) in [5.41, 5.74) is 2.56. The predicted octanol–water partition coefficient (Wildman–Crippen LogP) is 2.21. The molecule has 1 aliphatic heterocycles. The van der Waals surface area contributed by atoms with Gasteiger partial charge in [0.15, 0.2) is 6.61 Å². The largest absolute Gasteiger partial charge is 0.456 e. The molecule has 1 aromatic rings. The number of esters is 1. The van der Waals surface area contributed by atoms with Crippen LogP contribution in [0.4, 0.5) is 5.69 Å². The van der Waals surface area contributed by atoms with Crippen molar-refractivity contribution in [2.45, 2.75) is 39.5 Å². The molecule has 1 aromatic carbocycles. The Labute approximate surface area is 169 Å². The minimum Gasteiger partial charge on any atom is -0.456 e. The summed E-state index contributed by atoms with van der Waals surface area (Å²) in [6, 6.07) is 5.68. The van der Waals surface area contributed by atoms with Gasteiger partial charge in [0, 0.05) is 12.2 Å². The Bertz CT molecular complexity index is 832. The van der Waals surface area contributed by atoms with Gasteiger partial charge in [0.05, 0.1) is 18.3 Å². The zero-order valence-electron chi connectivity index (χ0n) is 16.8. The number of carbonyl (C=O) groups is 4. The number of nitrogens with one attached hydrogen (secondary N) is 1. The van der Waals surface area contributed by atoms with Crippen molar-refractivity contribution in [1.29, 1.82) is 0 Å². The Morgan fingerprint density at radius 1 is 1.07 bits per heavy atom. The molecule has 0 spiro atoms. The van der Waals surface area contributed by atoms with E-state index in [1.54, 1.807) is 0 Å². The maximum atomic E-state index is 12.6. The van der Waals surface area contributed by atoms with Crippen molar-refractivity contribution in [3.8, 4) is 0 Å². The third-order valence-electron chi connectivity index (χ3n) is 6.67. The fourth-order valence-corrected chi connectivity index (χ4v) is 5.30. The minimum atomic E-state index is -0.595. The van der Waals surface area contributed by atoms with E-state index in [0.717, 1.165) is 30.4 Å². The van der Waals surface area contributed by atoms with Crippen molar-refractivity contribution >= 4 is 29.4 Å². The van der Waals surface area contributed by atoms with Crippen LogP contribution in [-0.4, -0.2) is 41.7 Å². The number of carbonyl (C=O) groups excluding carboxylic acids is 4. The molecular formula is C22H26N2O5. The number of ether oxygens (including phenoxy) is 1. The lowest BCUT2D eigenvalue weighted by molar-refractivity contribution is -0.149. The lowest BCUT2D eigenvalue weighted by Crippen LogP contribution is -2.35. The van der Waals surface area contributed by atoms with Gasteiger partial charge in [0.25, 0.3) is 5.91 Å². The van der Waals surface area contributed by atoms with Crippen LogP contribution in [0.15, 0.2) is 18.2 Å². The van der Waals surface area contributed by atoms with Crippen molar-refractivity contribution in [3.05, 3.63) is 29.3 Å². The molecule has 1 N–H and O–H groups in total. The number of amides is 3. The van der Waals surface area contributed by atoms with Gasteiger partial charge < -0.3 is 10.1 Å². The van der Waals surface area contributed by atoms with Gasteiger partial charge in [-0.15, -0.1) is 0 Å². The van der Waals surface area contributed by atoms with E-state index < -0.39 is 18.5 Å². The van der Waals surface area contributed by atoms with Crippen LogP contribution in [0.5, 0.6) is 0 Å². The molecule has 2 bridgehead atoms. The summed E-state index contributed by atoms with van der Waals surface area (Å²) in [6.45, 7) is 3.41. The van der Waals surface area contributed by atoms with Crippen molar-refractivity contribution in [2.24, 2.45) is 23.7 Å². The number of likely N-dealkylation sites (tertiary alicyclic amines) is 1. The highest BCUT2D eigenvalue weighted by Crippen LogP contribution is 2.56. The standard InChI is InChI=1S/C22H26N2O5/c1-12-4-3-5-13(2)20(12)23-16(25)11-29-17(26)8-9-24-21(27)18-14-6-7-15(10-14)19(18)22(24)28/h3-5,14-15,18-19H,6-11H2,1-2H3,(H,23,25)/t14-,15+,18-,19-/m0/s1. The van der Waals surface area contributed by atoms with Crippen molar-refractivity contribution in [1.82, 2.24) is 4.90 Å². The third-order valence-corrected chi connectivity index (χ3v) is 6.67. The number of para-hydroxylation sites is 1. The zero-order chi connectivity index (χ0) is 20.7. The van der Waals surface area contributed by atoms with Crippen LogP contribution >= 0.6 is 0 Å². The van der Waals surface area contributed by atoms with Crippen LogP contribution in [0.1, 0.15) is 36.8 Å². The van der Waals surface area contributed by atoms with Crippen molar-refractivity contribution in [3.63, 3.8) is 0 Å². The van der Waals surface area contributed by atoms with Gasteiger partial charge in [-0.05, 0) is 56.1 Å². The number of rotatable bonds is 6. The number of aryl methyl sites for hydroxylation is 2. The number of hydrogen-bond acceptors (Lipinski definition) is 5. The second-order valence-electron chi connectivity index (χ2n) is 8.44. The highest BCUT2D eigenvalue weighted by Gasteiger charge is 2.60. The molecule has 2 aliphatic carbocycles. The molecule has 0 aromatic heterocycles. The van der Waals surface area contributed by atoms with E-state index in [4.69, 9.17) is 4.74 Å². The quantitative estimate of drug-likeness (QED) is 0.586. The molecule has 7 nitrogen and oxygen atoms in total. The van der Waals surface area contributed by atoms with Gasteiger partial charge in [-0.1, -0.05) is 18.2 Å². The van der Waals surface area contributed by atoms with Crippen LogP contribution in [0.3, 0.4) is 0 Å². The normalized spacial score (nSPS) is 27.3. The molecule has 0 radical (unpaired) electrons. The molecule has 7 heteroatoms. The average Bonchev–Trinajstić information content (AvgIpc) is 3.36. The number of nitrogens with zero attached hydrogens (tertiary/aromatic N) is 1. The second kappa shape index (κ2) is 7.61. The summed E-state index contributed by atoms with van der Waals surface area (Å²) >= 11 is 0. The van der Waals surface area contributed by atoms with Gasteiger partial charge >= 0.3 is 5.97 Å². The summed E-state index contributed by atoms with van der Waals surface area (Å²) in [6.07, 6.45) is 2.94. The molecule has 2 saturated carbocycles. The number of anilines is 1. The summed E-state index contributed by atoms with van der Waals surface area (Å²) in [5, 5.41) is 2.75. The molecule has 154 valence electrons. The highest BCUT2D eigenvalue weighted by atomic mass is 16.5. The number of hydrogen-bond donors (Lipinski definition) is 1. The second-order valence-corrected chi connectivity index (χ2v) is 8.44. The average molecular weight is 398 g/mol. The van der Waals surface area contributed by atoms with E-state index in [1.807, 2.05) is 32.0 Å². The van der Waals surface area contributed by atoms with Crippen LogP contribution < -0.4 is 5.32 Å². The number of imide groups is 1. The van der Waals surface area contributed by atoms with E-state index in [2.05, 4.69) is 5.32 Å². The minimum absolute atomic E-state index is 0.0292. The zero-order valence-corrected chi connectivity index (χ0v) is 16.8. The lowest BCUT2D eigenvalue weighted by atomic mass is 9.81. The molecule has 1 heterocycles. The molecule has 3 fully saturated rings. The lowest BCUT2D eigenvalue weighted by Gasteiger charge is -2.19. The Balaban J connectivity index is 1.25. The van der Waals surface area contributed by atoms with Crippen molar-refractivity contribution in [2.75, 3.05) is 18.5 Å². The molecule has 4 atom stereocenters. The van der Waals surface area contributed by atoms with Gasteiger partial charge in [0.2, 0.25) is 11.8 Å².